The third-order valence-electron chi connectivity index (χ3n) is 14.7. The molecule has 6 atom stereocenters. The van der Waals surface area contributed by atoms with E-state index in [-0.39, 0.29) is 66.5 Å². The van der Waals surface area contributed by atoms with Gasteiger partial charge in [-0.3, -0.25) is 9.59 Å². The van der Waals surface area contributed by atoms with Crippen LogP contribution in [-0.2, 0) is 32.9 Å². The number of rotatable bonds is 12. The topological polar surface area (TPSA) is 214 Å². The van der Waals surface area contributed by atoms with Gasteiger partial charge in [-0.25, -0.2) is 0 Å². The number of hydrogen-bond donors (Lipinski definition) is 1. The van der Waals surface area contributed by atoms with Crippen LogP contribution in [0.15, 0.2) is 81.8 Å². The van der Waals surface area contributed by atoms with E-state index in [9.17, 15) is 25.2 Å². The first-order valence-corrected chi connectivity index (χ1v) is 24.9. The van der Waals surface area contributed by atoms with Crippen LogP contribution in [-0.4, -0.2) is 84.5 Å². The molecule has 2 aliphatic carbocycles. The molecule has 72 heavy (non-hydrogen) atoms. The van der Waals surface area contributed by atoms with E-state index in [1.807, 2.05) is 81.7 Å². The minimum atomic E-state index is -0.697. The van der Waals surface area contributed by atoms with Gasteiger partial charge in [-0.2, -0.15) is 20.5 Å². The zero-order valence-electron chi connectivity index (χ0n) is 41.7. The summed E-state index contributed by atoms with van der Waals surface area (Å²) in [5, 5.41) is 37.7. The van der Waals surface area contributed by atoms with Crippen LogP contribution < -0.4 is 9.47 Å². The van der Waals surface area contributed by atoms with Gasteiger partial charge in [0.05, 0.1) is 54.7 Å². The highest BCUT2D eigenvalue weighted by atomic mass is 16.5. The molecule has 16 heteroatoms. The van der Waals surface area contributed by atoms with E-state index in [2.05, 4.69) is 58.4 Å². The van der Waals surface area contributed by atoms with Gasteiger partial charge in [0.15, 0.2) is 5.72 Å². The molecule has 1 spiro atoms. The average Bonchev–Trinajstić information content (AvgIpc) is 4.23. The maximum Gasteiger partial charge on any atom is 0.258 e. The second kappa shape index (κ2) is 19.0. The Morgan fingerprint density at radius 1 is 0.736 bits per heavy atom. The molecule has 0 radical (unpaired) electrons. The standard InChI is InChI=1S/C28H28N4O4.C28H30N4O4/c1-15(2)23-14-34-28-19(12-25(33)32(23)28)11-21-20(6-5-7-22(21)28)26-30-27(36-31-26)17-8-9-24(35-16(3)4)18(10-17)13-29;1-15(2)23(14-33)32-25(34)12-18-11-22-20(26(18)32)6-5-7-21(22)27-30-28(36-31-27)17-8-9-24(35-16(3)4)19(10-17)13-29/h5-10,15-16,19,23H,11-12,14H2,1-4H3;5-10,15-16,18,23,26,33H,11-12,14H2,1-4H3/t19-,23+,28-;18-,23+,26?/m11/s1. The van der Waals surface area contributed by atoms with E-state index in [4.69, 9.17) is 23.3 Å². The highest BCUT2D eigenvalue weighted by Gasteiger charge is 2.65. The van der Waals surface area contributed by atoms with Gasteiger partial charge in [0.1, 0.15) is 23.6 Å². The summed E-state index contributed by atoms with van der Waals surface area (Å²) in [5.74, 6) is 3.64. The van der Waals surface area contributed by atoms with E-state index in [1.54, 1.807) is 30.3 Å². The van der Waals surface area contributed by atoms with Crippen molar-refractivity contribution in [2.75, 3.05) is 13.2 Å². The lowest BCUT2D eigenvalue weighted by Crippen LogP contribution is -2.46. The monoisotopic (exact) mass is 970 g/mol. The van der Waals surface area contributed by atoms with Crippen molar-refractivity contribution >= 4 is 11.8 Å². The van der Waals surface area contributed by atoms with Gasteiger partial charge in [0.2, 0.25) is 23.5 Å². The smallest absolute Gasteiger partial charge is 0.258 e. The van der Waals surface area contributed by atoms with E-state index in [0.29, 0.717) is 82.5 Å². The zero-order valence-corrected chi connectivity index (χ0v) is 41.7. The molecule has 5 heterocycles. The van der Waals surface area contributed by atoms with Crippen LogP contribution >= 0.6 is 0 Å². The number of carbonyl (C=O) groups excluding carboxylic acids is 2. The van der Waals surface area contributed by atoms with Gasteiger partial charge < -0.3 is 38.2 Å². The summed E-state index contributed by atoms with van der Waals surface area (Å²) in [4.78, 5) is 39.1. The molecule has 3 aliphatic heterocycles. The first-order valence-electron chi connectivity index (χ1n) is 24.9. The van der Waals surface area contributed by atoms with E-state index in [0.717, 1.165) is 46.2 Å². The molecule has 3 saturated heterocycles. The number of nitrogens with zero attached hydrogens (tertiary/aromatic N) is 8. The van der Waals surface area contributed by atoms with E-state index in [1.165, 1.54) is 0 Å². The largest absolute Gasteiger partial charge is 0.490 e. The first-order chi connectivity index (χ1) is 34.6. The number of amides is 2. The Morgan fingerprint density at radius 3 is 1.86 bits per heavy atom. The molecule has 2 amide bonds. The minimum absolute atomic E-state index is 0.0389. The Bertz CT molecular complexity index is 3160. The first kappa shape index (κ1) is 48.2. The molecular formula is C56H58N8O8. The van der Waals surface area contributed by atoms with Crippen LogP contribution in [0.3, 0.4) is 0 Å². The fraction of sp³-hybridized carbons (Fsp3) is 0.429. The molecule has 16 nitrogen and oxygen atoms in total. The van der Waals surface area contributed by atoms with Crippen molar-refractivity contribution in [2.24, 2.45) is 23.7 Å². The molecule has 4 aromatic carbocycles. The summed E-state index contributed by atoms with van der Waals surface area (Å²) in [7, 11) is 0. The normalized spacial score (nSPS) is 21.9. The number of nitriles is 2. The molecule has 6 aromatic rings. The van der Waals surface area contributed by atoms with E-state index >= 15 is 0 Å². The molecule has 0 bridgehead atoms. The lowest BCUT2D eigenvalue weighted by Gasteiger charge is -2.35. The number of carbonyl (C=O) groups is 2. The number of ether oxygens (including phenoxy) is 3. The van der Waals surface area contributed by atoms with Crippen molar-refractivity contribution in [3.05, 3.63) is 106 Å². The molecule has 0 saturated carbocycles. The quantitative estimate of drug-likeness (QED) is 0.121. The lowest BCUT2D eigenvalue weighted by molar-refractivity contribution is -0.142. The number of aliphatic hydroxyl groups is 1. The van der Waals surface area contributed by atoms with Gasteiger partial charge in [-0.1, -0.05) is 74.4 Å². The zero-order chi connectivity index (χ0) is 50.7. The summed E-state index contributed by atoms with van der Waals surface area (Å²) < 4.78 is 29.1. The van der Waals surface area contributed by atoms with Gasteiger partial charge in [-0.05, 0) is 111 Å². The fourth-order valence-corrected chi connectivity index (χ4v) is 11.6. The predicted molar refractivity (Wildman–Crippen MR) is 263 cm³/mol. The van der Waals surface area contributed by atoms with Crippen LogP contribution in [0, 0.1) is 46.3 Å². The van der Waals surface area contributed by atoms with Crippen molar-refractivity contribution in [1.29, 1.82) is 10.5 Å². The Morgan fingerprint density at radius 2 is 1.32 bits per heavy atom. The maximum absolute atomic E-state index is 13.0. The van der Waals surface area contributed by atoms with Crippen LogP contribution in [0.5, 0.6) is 11.5 Å². The summed E-state index contributed by atoms with van der Waals surface area (Å²) in [6, 6.07) is 26.7. The number of benzene rings is 4. The average molecular weight is 971 g/mol. The maximum atomic E-state index is 13.0. The highest BCUT2D eigenvalue weighted by molar-refractivity contribution is 5.84. The van der Waals surface area contributed by atoms with Crippen LogP contribution in [0.4, 0.5) is 0 Å². The lowest BCUT2D eigenvalue weighted by atomic mass is 9.96. The SMILES string of the molecule is CC(C)Oc1ccc(-c2nc(-c3cccc4c3C[C@@H]3CC(=O)N([C@@H](CO)C(C)C)C43)no2)cc1C#N.CC(C)Oc1ccc(-c2nc(-c3cccc4c3C[C@@H]3CC(=O)N5[C@H](C(C)C)CO[C@@]435)no2)cc1C#N. The third-order valence-corrected chi connectivity index (χ3v) is 14.7. The van der Waals surface area contributed by atoms with E-state index < -0.39 is 5.72 Å². The molecule has 3 fully saturated rings. The summed E-state index contributed by atoms with van der Waals surface area (Å²) >= 11 is 0. The predicted octanol–water partition coefficient (Wildman–Crippen LogP) is 9.20. The number of fused-ring (bicyclic) bond motifs is 4. The highest BCUT2D eigenvalue weighted by Crippen LogP contribution is 2.58. The van der Waals surface area contributed by atoms with Gasteiger partial charge in [0.25, 0.3) is 11.8 Å². The van der Waals surface area contributed by atoms with Crippen molar-refractivity contribution in [3.63, 3.8) is 0 Å². The van der Waals surface area contributed by atoms with Gasteiger partial charge in [-0.15, -0.1) is 0 Å². The van der Waals surface area contributed by atoms with Gasteiger partial charge in [0, 0.05) is 46.6 Å². The molecule has 1 unspecified atom stereocenters. The van der Waals surface area contributed by atoms with Crippen molar-refractivity contribution in [2.45, 2.75) is 117 Å². The number of hydrogen-bond acceptors (Lipinski definition) is 14. The molecule has 11 rings (SSSR count). The summed E-state index contributed by atoms with van der Waals surface area (Å²) in [6.45, 7) is 16.5. The second-order valence-electron chi connectivity index (χ2n) is 20.6. The Hall–Kier alpha value is -7.40. The second-order valence-corrected chi connectivity index (χ2v) is 20.6. The van der Waals surface area contributed by atoms with Crippen molar-refractivity contribution < 1.29 is 38.0 Å². The third kappa shape index (κ3) is 8.16. The number of aromatic nitrogens is 4. The molecule has 2 aromatic heterocycles. The Labute approximate surface area is 418 Å². The minimum Gasteiger partial charge on any atom is -0.490 e. The molecule has 5 aliphatic rings. The van der Waals surface area contributed by atoms with Crippen LogP contribution in [0.1, 0.15) is 108 Å². The summed E-state index contributed by atoms with van der Waals surface area (Å²) in [5.41, 5.74) is 7.54. The van der Waals surface area contributed by atoms with Crippen molar-refractivity contribution in [1.82, 2.24) is 30.1 Å². The Kier molecular flexibility index (Phi) is 12.7. The van der Waals surface area contributed by atoms with Crippen LogP contribution in [0.2, 0.25) is 0 Å². The fourth-order valence-electron chi connectivity index (χ4n) is 11.6. The van der Waals surface area contributed by atoms with Gasteiger partial charge >= 0.3 is 0 Å². The Balaban J connectivity index is 0.000000166. The number of aliphatic hydroxyl groups excluding tert-OH is 1. The molecule has 370 valence electrons. The molecular weight excluding hydrogens is 913 g/mol. The number of likely N-dealkylation sites (tertiary alicyclic amines) is 1. The summed E-state index contributed by atoms with van der Waals surface area (Å²) in [6.07, 6.45) is 2.35. The van der Waals surface area contributed by atoms with Crippen LogP contribution in [0.25, 0.3) is 45.7 Å². The van der Waals surface area contributed by atoms with Crippen molar-refractivity contribution in [3.8, 4) is 69.3 Å². The molecule has 1 N–H and O–H groups in total.